The fourth-order valence-electron chi connectivity index (χ4n) is 8.50. The average molecular weight is 1260 g/mol. The zero-order valence-corrected chi connectivity index (χ0v) is 51.9. The van der Waals surface area contributed by atoms with E-state index in [0.717, 1.165) is 19.3 Å². The van der Waals surface area contributed by atoms with Crippen LogP contribution in [0.5, 0.6) is 0 Å². The molecule has 0 aromatic carbocycles. The van der Waals surface area contributed by atoms with Crippen LogP contribution in [-0.4, -0.2) is 211 Å². The van der Waals surface area contributed by atoms with Gasteiger partial charge in [0.25, 0.3) is 0 Å². The van der Waals surface area contributed by atoms with Crippen LogP contribution in [0.1, 0.15) is 174 Å². The normalized spacial score (nSPS) is 15.4. The van der Waals surface area contributed by atoms with Gasteiger partial charge in [0.15, 0.2) is 0 Å². The molecule has 1 aliphatic rings. The lowest BCUT2D eigenvalue weighted by atomic mass is 10.0. The molecule has 88 heavy (non-hydrogen) atoms. The van der Waals surface area contributed by atoms with Gasteiger partial charge in [-0.05, 0) is 57.8 Å². The highest BCUT2D eigenvalue weighted by Crippen LogP contribution is 2.14. The topological polar surface area (TPSA) is 413 Å². The summed E-state index contributed by atoms with van der Waals surface area (Å²) in [4.78, 5) is 131. The van der Waals surface area contributed by atoms with E-state index in [1.165, 1.54) is 70.6 Å². The van der Waals surface area contributed by atoms with E-state index in [9.17, 15) is 63.4 Å². The van der Waals surface area contributed by atoms with Gasteiger partial charge in [-0.15, -0.1) is 11.0 Å². The third-order valence-electron chi connectivity index (χ3n) is 13.6. The minimum absolute atomic E-state index is 0.0322. The Morgan fingerprint density at radius 3 is 1.52 bits per heavy atom. The maximum absolute atomic E-state index is 12.6. The summed E-state index contributed by atoms with van der Waals surface area (Å²) in [5.74, 6) is -6.57. The molecule has 0 aromatic rings. The predicted molar refractivity (Wildman–Crippen MR) is 318 cm³/mol. The largest absolute Gasteiger partial charge is 0.480 e. The zero-order valence-electron chi connectivity index (χ0n) is 51.9. The Morgan fingerprint density at radius 1 is 0.534 bits per heavy atom. The maximum Gasteiger partial charge on any atom is 0.345 e. The fourth-order valence-corrected chi connectivity index (χ4v) is 8.50. The number of carbonyl (C=O) groups is 10. The van der Waals surface area contributed by atoms with Crippen LogP contribution in [0.15, 0.2) is 0 Å². The number of unbranched alkanes of at least 4 members (excludes halogenated alkanes) is 15. The molecule has 30 heteroatoms. The van der Waals surface area contributed by atoms with Gasteiger partial charge in [0.05, 0.1) is 59.5 Å². The molecule has 1 fully saturated rings. The molecule has 0 aromatic heterocycles. The highest BCUT2D eigenvalue weighted by molar-refractivity contribution is 5.84. The van der Waals surface area contributed by atoms with Crippen molar-refractivity contribution in [1.29, 1.82) is 0 Å². The number of carboxylic acids is 2. The quantitative estimate of drug-likeness (QED) is 0.0304. The summed E-state index contributed by atoms with van der Waals surface area (Å²) in [5, 5.41) is 44.3. The van der Waals surface area contributed by atoms with Crippen molar-refractivity contribution >= 4 is 59.3 Å². The second kappa shape index (κ2) is 56.5. The van der Waals surface area contributed by atoms with Gasteiger partial charge in [-0.3, -0.25) is 33.6 Å². The summed E-state index contributed by atoms with van der Waals surface area (Å²) in [5.41, 5.74) is 6.28. The summed E-state index contributed by atoms with van der Waals surface area (Å²) in [6.45, 7) is 4.28. The Labute approximate surface area is 517 Å². The Bertz CT molecular complexity index is 1930. The molecule has 1 aliphatic heterocycles. The third kappa shape index (κ3) is 48.3. The van der Waals surface area contributed by atoms with Crippen LogP contribution < -0.4 is 48.3 Å². The fraction of sp³-hybridized carbons (Fsp3) is 0.828. The molecule has 30 nitrogen and oxygen atoms in total. The van der Waals surface area contributed by atoms with Crippen molar-refractivity contribution in [1.82, 2.24) is 48.3 Å². The first-order valence-electron chi connectivity index (χ1n) is 31.5. The van der Waals surface area contributed by atoms with E-state index in [2.05, 4.69) is 49.8 Å². The third-order valence-corrected chi connectivity index (χ3v) is 13.6. The van der Waals surface area contributed by atoms with Crippen molar-refractivity contribution in [2.75, 3.05) is 112 Å². The standard InChI is InChI=1S/C58H105N9O21/c1-2-3-4-5-6-7-8-9-10-11-12-13-14-15-16-23-51(70)64-45(55(74)75)24-26-50(69)61-30-33-81-36-40-85-43-53(72)63-32-35-83-38-41-86-44-54(73)62-31-34-82-37-39-84-42-52(71)60-29-20-18-22-47(65-80)57(78)87-67-48-25-27-49(68)59-28-19-17-21-46(56(76)77)66-88-58(48)79/h45-48,65-67,80H,2-44H2,1H3,(H,59,68)(H,60,71)(H,61,69)(H,62,73)(H,63,72)(H,64,70)(H,74,75)(H,76,77)/t45-,46?,47?,48?/m0/s1. The van der Waals surface area contributed by atoms with Gasteiger partial charge in [-0.25, -0.2) is 14.4 Å². The number of hydroxylamine groups is 3. The number of hydrogen-bond acceptors (Lipinski definition) is 22. The zero-order chi connectivity index (χ0) is 64.5. The van der Waals surface area contributed by atoms with Gasteiger partial charge in [0, 0.05) is 52.0 Å². The molecular weight excluding hydrogens is 1160 g/mol. The molecule has 0 aliphatic carbocycles. The molecular formula is C58H105N9O21. The molecule has 6 amide bonds. The SMILES string of the molecule is CCCCCCCCCCCCCCCCCC(=O)N[C@@H](CCC(=O)NCCOCCOCC(=O)NCCOCCOCC(=O)NCCOCCOCC(=O)NCCCCC(NO)C(=O)ONC1CCC(=O)NCCCCC(C(=O)O)NOC1=O)C(=O)O. The number of amides is 6. The van der Waals surface area contributed by atoms with E-state index >= 15 is 0 Å². The van der Waals surface area contributed by atoms with Crippen molar-refractivity contribution in [3.8, 4) is 0 Å². The van der Waals surface area contributed by atoms with Crippen LogP contribution in [0, 0.1) is 0 Å². The summed E-state index contributed by atoms with van der Waals surface area (Å²) >= 11 is 0. The minimum atomic E-state index is -1.34. The number of carboxylic acid groups (broad SMARTS) is 2. The summed E-state index contributed by atoms with van der Waals surface area (Å²) in [7, 11) is 0. The van der Waals surface area contributed by atoms with Crippen LogP contribution in [0.4, 0.5) is 0 Å². The Morgan fingerprint density at radius 2 is 1.02 bits per heavy atom. The number of carbonyl (C=O) groups excluding carboxylic acids is 8. The van der Waals surface area contributed by atoms with Gasteiger partial charge >= 0.3 is 23.9 Å². The molecule has 1 rings (SSSR count). The van der Waals surface area contributed by atoms with Crippen molar-refractivity contribution in [3.63, 3.8) is 0 Å². The molecule has 508 valence electrons. The van der Waals surface area contributed by atoms with E-state index in [-0.39, 0.29) is 180 Å². The molecule has 12 N–H and O–H groups in total. The van der Waals surface area contributed by atoms with E-state index in [0.29, 0.717) is 38.6 Å². The second-order valence-corrected chi connectivity index (χ2v) is 21.2. The molecule has 1 saturated heterocycles. The lowest BCUT2D eigenvalue weighted by Crippen LogP contribution is -2.47. The number of hydrogen-bond donors (Lipinski definition) is 12. The molecule has 0 radical (unpaired) electrons. The highest BCUT2D eigenvalue weighted by atomic mass is 16.7. The van der Waals surface area contributed by atoms with E-state index in [1.54, 1.807) is 0 Å². The van der Waals surface area contributed by atoms with Gasteiger partial charge < -0.3 is 85.4 Å². The van der Waals surface area contributed by atoms with Crippen LogP contribution >= 0.6 is 0 Å². The summed E-state index contributed by atoms with van der Waals surface area (Å²) in [6.07, 6.45) is 20.1. The first-order valence-corrected chi connectivity index (χ1v) is 31.5. The molecule has 3 unspecified atom stereocenters. The summed E-state index contributed by atoms with van der Waals surface area (Å²) in [6, 6.07) is -4.88. The van der Waals surface area contributed by atoms with Crippen molar-refractivity contribution in [2.24, 2.45) is 0 Å². The number of ether oxygens (including phenoxy) is 6. The van der Waals surface area contributed by atoms with Gasteiger partial charge in [0.2, 0.25) is 35.4 Å². The van der Waals surface area contributed by atoms with E-state index in [4.69, 9.17) is 38.1 Å². The van der Waals surface area contributed by atoms with Crippen LogP contribution in [0.3, 0.4) is 0 Å². The van der Waals surface area contributed by atoms with Crippen molar-refractivity contribution < 1.29 is 101 Å². The van der Waals surface area contributed by atoms with Gasteiger partial charge in [0.1, 0.15) is 44.0 Å². The minimum Gasteiger partial charge on any atom is -0.480 e. The molecule has 4 atom stereocenters. The highest BCUT2D eigenvalue weighted by Gasteiger charge is 2.29. The lowest BCUT2D eigenvalue weighted by molar-refractivity contribution is -0.170. The maximum atomic E-state index is 12.6. The molecule has 0 bridgehead atoms. The summed E-state index contributed by atoms with van der Waals surface area (Å²) < 4.78 is 32.1. The second-order valence-electron chi connectivity index (χ2n) is 21.2. The van der Waals surface area contributed by atoms with E-state index < -0.39 is 54.0 Å². The first-order chi connectivity index (χ1) is 42.7. The van der Waals surface area contributed by atoms with Crippen LogP contribution in [0.25, 0.3) is 0 Å². The molecule has 0 spiro atoms. The Hall–Kier alpha value is -5.70. The van der Waals surface area contributed by atoms with Gasteiger partial charge in [-0.2, -0.15) is 5.48 Å². The first kappa shape index (κ1) is 80.3. The molecule has 0 saturated carbocycles. The van der Waals surface area contributed by atoms with Crippen LogP contribution in [0.2, 0.25) is 0 Å². The average Bonchev–Trinajstić information content (AvgIpc) is 3.57. The van der Waals surface area contributed by atoms with Gasteiger partial charge in [-0.1, -0.05) is 96.8 Å². The lowest BCUT2D eigenvalue weighted by Gasteiger charge is -2.20. The smallest absolute Gasteiger partial charge is 0.345 e. The Balaban J connectivity index is 1.96. The van der Waals surface area contributed by atoms with Crippen molar-refractivity contribution in [3.05, 3.63) is 0 Å². The monoisotopic (exact) mass is 1260 g/mol. The Kier molecular flexibility index (Phi) is 51.6. The number of rotatable bonds is 55. The predicted octanol–water partition coefficient (Wildman–Crippen LogP) is 1.68. The van der Waals surface area contributed by atoms with E-state index in [1.807, 2.05) is 5.48 Å². The molecule has 1 heterocycles. The van der Waals surface area contributed by atoms with Crippen LogP contribution in [-0.2, 0) is 86.0 Å². The number of nitrogens with one attached hydrogen (secondary N) is 9. The number of aliphatic carboxylic acids is 2. The van der Waals surface area contributed by atoms with Crippen molar-refractivity contribution in [2.45, 2.75) is 198 Å².